The summed E-state index contributed by atoms with van der Waals surface area (Å²) >= 11 is 0. The third kappa shape index (κ3) is 5.28. The Labute approximate surface area is 101 Å². The summed E-state index contributed by atoms with van der Waals surface area (Å²) in [5.41, 5.74) is 0.598. The van der Waals surface area contributed by atoms with Crippen molar-refractivity contribution in [1.29, 1.82) is 0 Å². The van der Waals surface area contributed by atoms with Crippen molar-refractivity contribution in [1.82, 2.24) is 0 Å². The Hall–Kier alpha value is -0.863. The Balaban J connectivity index is 2.29. The Morgan fingerprint density at radius 3 is 2.56 bits per heavy atom. The third-order valence-electron chi connectivity index (χ3n) is 2.58. The molecule has 0 aromatic heterocycles. The Kier molecular flexibility index (Phi) is 6.86. The summed E-state index contributed by atoms with van der Waals surface area (Å²) in [6.07, 6.45) is 6.51. The molecule has 1 atom stereocenters. The number of hydrogen-bond donors (Lipinski definition) is 1. The van der Waals surface area contributed by atoms with Crippen LogP contribution < -0.4 is 5.19 Å². The van der Waals surface area contributed by atoms with Crippen LogP contribution in [0.2, 0.25) is 5.54 Å². The van der Waals surface area contributed by atoms with Gasteiger partial charge in [0.25, 0.3) is 0 Å². The van der Waals surface area contributed by atoms with Gasteiger partial charge >= 0.3 is 0 Å². The maximum absolute atomic E-state index is 8.71. The Morgan fingerprint density at radius 2 is 1.94 bits per heavy atom. The standard InChI is InChI=1S/C14H20OSi/c1-2-13(9-7-4-8-12-15)16-14-10-5-3-6-11-14/h2-3,5-6,10-11,13,15H,1,4,7-9,12H2. The van der Waals surface area contributed by atoms with E-state index in [0.29, 0.717) is 12.1 Å². The first-order valence-electron chi connectivity index (χ1n) is 5.92. The highest BCUT2D eigenvalue weighted by atomic mass is 28.2. The fourth-order valence-corrected chi connectivity index (χ4v) is 2.93. The SMILES string of the molecule is C=CC(CCCCCO)[Si]c1ccccc1. The minimum atomic E-state index is 0.319. The number of hydrogen-bond acceptors (Lipinski definition) is 1. The fraction of sp³-hybridized carbons (Fsp3) is 0.429. The van der Waals surface area contributed by atoms with Gasteiger partial charge in [-0.1, -0.05) is 54.4 Å². The summed E-state index contributed by atoms with van der Waals surface area (Å²) in [7, 11) is 0.827. The van der Waals surface area contributed by atoms with Crippen molar-refractivity contribution in [2.45, 2.75) is 31.2 Å². The molecular weight excluding hydrogens is 212 g/mol. The molecule has 1 unspecified atom stereocenters. The van der Waals surface area contributed by atoms with Gasteiger partial charge in [-0.15, -0.1) is 6.58 Å². The largest absolute Gasteiger partial charge is 0.396 e. The van der Waals surface area contributed by atoms with Crippen LogP contribution in [-0.2, 0) is 0 Å². The molecule has 0 fully saturated rings. The van der Waals surface area contributed by atoms with E-state index in [1.807, 2.05) is 0 Å². The summed E-state index contributed by atoms with van der Waals surface area (Å²) in [6, 6.07) is 10.6. The smallest absolute Gasteiger partial charge is 0.0884 e. The second kappa shape index (κ2) is 8.31. The normalized spacial score (nSPS) is 12.3. The van der Waals surface area contributed by atoms with Crippen molar-refractivity contribution in [3.8, 4) is 0 Å². The third-order valence-corrected chi connectivity index (χ3v) is 4.15. The zero-order valence-electron chi connectivity index (χ0n) is 9.73. The molecule has 0 aliphatic carbocycles. The average molecular weight is 232 g/mol. The lowest BCUT2D eigenvalue weighted by Crippen LogP contribution is -2.18. The summed E-state index contributed by atoms with van der Waals surface area (Å²) in [5, 5.41) is 10.1. The van der Waals surface area contributed by atoms with Crippen molar-refractivity contribution in [2.24, 2.45) is 0 Å². The summed E-state index contributed by atoms with van der Waals surface area (Å²) in [6.45, 7) is 4.23. The molecule has 0 saturated heterocycles. The van der Waals surface area contributed by atoms with Gasteiger partial charge in [0, 0.05) is 6.61 Å². The summed E-state index contributed by atoms with van der Waals surface area (Å²) in [5.74, 6) is 0. The maximum atomic E-state index is 8.71. The van der Waals surface area contributed by atoms with Crippen LogP contribution in [0.3, 0.4) is 0 Å². The van der Waals surface area contributed by atoms with E-state index in [0.717, 1.165) is 22.4 Å². The van der Waals surface area contributed by atoms with E-state index in [4.69, 9.17) is 5.11 Å². The molecule has 1 aromatic rings. The molecule has 0 heterocycles. The highest BCUT2D eigenvalue weighted by Gasteiger charge is 2.06. The zero-order valence-corrected chi connectivity index (χ0v) is 10.7. The monoisotopic (exact) mass is 232 g/mol. The topological polar surface area (TPSA) is 20.2 Å². The van der Waals surface area contributed by atoms with E-state index in [1.54, 1.807) is 0 Å². The minimum Gasteiger partial charge on any atom is -0.396 e. The van der Waals surface area contributed by atoms with Gasteiger partial charge in [0.05, 0.1) is 9.52 Å². The van der Waals surface area contributed by atoms with E-state index < -0.39 is 0 Å². The van der Waals surface area contributed by atoms with Crippen molar-refractivity contribution in [2.75, 3.05) is 6.61 Å². The molecule has 0 saturated carbocycles. The van der Waals surface area contributed by atoms with Crippen molar-refractivity contribution < 1.29 is 5.11 Å². The number of aliphatic hydroxyl groups excluding tert-OH is 1. The van der Waals surface area contributed by atoms with Crippen LogP contribution in [0.15, 0.2) is 43.0 Å². The molecular formula is C14H20OSi. The quantitative estimate of drug-likeness (QED) is 0.415. The first kappa shape index (κ1) is 13.2. The van der Waals surface area contributed by atoms with E-state index in [-0.39, 0.29) is 0 Å². The second-order valence-corrected chi connectivity index (χ2v) is 5.53. The lowest BCUT2D eigenvalue weighted by atomic mass is 10.1. The molecule has 0 aliphatic rings. The highest BCUT2D eigenvalue weighted by Crippen LogP contribution is 2.15. The van der Waals surface area contributed by atoms with Crippen molar-refractivity contribution >= 4 is 14.7 Å². The number of benzene rings is 1. The fourth-order valence-electron chi connectivity index (χ4n) is 1.65. The predicted molar refractivity (Wildman–Crippen MR) is 71.3 cm³/mol. The van der Waals surface area contributed by atoms with Crippen LogP contribution >= 0.6 is 0 Å². The molecule has 86 valence electrons. The minimum absolute atomic E-state index is 0.319. The van der Waals surface area contributed by atoms with Crippen LogP contribution in [0.4, 0.5) is 0 Å². The van der Waals surface area contributed by atoms with Gasteiger partial charge in [0.15, 0.2) is 0 Å². The molecule has 1 aromatic carbocycles. The highest BCUT2D eigenvalue weighted by molar-refractivity contribution is 6.55. The molecule has 2 heteroatoms. The van der Waals surface area contributed by atoms with Crippen molar-refractivity contribution in [3.05, 3.63) is 43.0 Å². The lowest BCUT2D eigenvalue weighted by molar-refractivity contribution is 0.282. The molecule has 0 bridgehead atoms. The van der Waals surface area contributed by atoms with Crippen LogP contribution in [-0.4, -0.2) is 21.2 Å². The van der Waals surface area contributed by atoms with E-state index in [2.05, 4.69) is 43.0 Å². The van der Waals surface area contributed by atoms with E-state index in [9.17, 15) is 0 Å². The molecule has 16 heavy (non-hydrogen) atoms. The molecule has 1 N–H and O–H groups in total. The first-order valence-corrected chi connectivity index (χ1v) is 6.99. The lowest BCUT2D eigenvalue weighted by Gasteiger charge is -2.10. The van der Waals surface area contributed by atoms with Gasteiger partial charge in [-0.2, -0.15) is 0 Å². The molecule has 1 nitrogen and oxygen atoms in total. The number of unbranched alkanes of at least 4 members (excludes halogenated alkanes) is 2. The van der Waals surface area contributed by atoms with Gasteiger partial charge in [-0.3, -0.25) is 0 Å². The number of allylic oxidation sites excluding steroid dienone is 1. The second-order valence-electron chi connectivity index (χ2n) is 3.93. The Bertz CT molecular complexity index is 284. The Morgan fingerprint density at radius 1 is 1.19 bits per heavy atom. The molecule has 1 rings (SSSR count). The summed E-state index contributed by atoms with van der Waals surface area (Å²) < 4.78 is 0. The van der Waals surface area contributed by atoms with E-state index >= 15 is 0 Å². The zero-order chi connectivity index (χ0) is 11.6. The van der Waals surface area contributed by atoms with Crippen LogP contribution in [0, 0.1) is 0 Å². The average Bonchev–Trinajstić information content (AvgIpc) is 2.34. The van der Waals surface area contributed by atoms with Crippen LogP contribution in [0.5, 0.6) is 0 Å². The maximum Gasteiger partial charge on any atom is 0.0884 e. The van der Waals surface area contributed by atoms with Gasteiger partial charge in [0.1, 0.15) is 0 Å². The first-order chi connectivity index (χ1) is 7.86. The predicted octanol–water partition coefficient (Wildman–Crippen LogP) is 2.54. The van der Waals surface area contributed by atoms with Crippen LogP contribution in [0.25, 0.3) is 0 Å². The number of rotatable bonds is 8. The van der Waals surface area contributed by atoms with Crippen molar-refractivity contribution in [3.63, 3.8) is 0 Å². The molecule has 0 amide bonds. The number of aliphatic hydroxyl groups is 1. The molecule has 2 radical (unpaired) electrons. The van der Waals surface area contributed by atoms with E-state index in [1.165, 1.54) is 18.0 Å². The van der Waals surface area contributed by atoms with Gasteiger partial charge in [0.2, 0.25) is 0 Å². The van der Waals surface area contributed by atoms with Gasteiger partial charge in [-0.25, -0.2) is 0 Å². The van der Waals surface area contributed by atoms with Gasteiger partial charge in [-0.05, 0) is 18.4 Å². The van der Waals surface area contributed by atoms with Gasteiger partial charge < -0.3 is 5.11 Å². The molecule has 0 spiro atoms. The molecule has 0 aliphatic heterocycles. The summed E-state index contributed by atoms with van der Waals surface area (Å²) in [4.78, 5) is 0. The van der Waals surface area contributed by atoms with Crippen LogP contribution in [0.1, 0.15) is 25.7 Å².